The summed E-state index contributed by atoms with van der Waals surface area (Å²) in [5.74, 6) is -0.358. The molecule has 0 spiro atoms. The topological polar surface area (TPSA) is 46.5 Å². The fraction of sp³-hybridized carbons (Fsp3) is 0.133. The first-order valence-electron chi connectivity index (χ1n) is 5.92. The maximum Gasteiger partial charge on any atom is 0.307 e. The Kier molecular flexibility index (Phi) is 4.88. The van der Waals surface area contributed by atoms with Gasteiger partial charge in [-0.25, -0.2) is 0 Å². The van der Waals surface area contributed by atoms with Gasteiger partial charge in [-0.05, 0) is 29.3 Å². The number of rotatable bonds is 5. The van der Waals surface area contributed by atoms with Crippen LogP contribution in [0.5, 0.6) is 5.75 Å². The summed E-state index contributed by atoms with van der Waals surface area (Å²) in [7, 11) is 0. The second-order valence-corrected chi connectivity index (χ2v) is 5.05. The van der Waals surface area contributed by atoms with E-state index in [1.165, 1.54) is 0 Å². The number of ether oxygens (including phenoxy) is 1. The normalized spacial score (nSPS) is 10.3. The van der Waals surface area contributed by atoms with Crippen molar-refractivity contribution in [2.45, 2.75) is 13.0 Å². The molecule has 0 atom stereocenters. The summed E-state index contributed by atoms with van der Waals surface area (Å²) in [5.41, 5.74) is 1.55. The van der Waals surface area contributed by atoms with Crippen LogP contribution in [-0.2, 0) is 17.8 Å². The summed E-state index contributed by atoms with van der Waals surface area (Å²) in [6, 6.07) is 12.2. The number of carboxylic acids is 1. The van der Waals surface area contributed by atoms with Crippen LogP contribution in [0.1, 0.15) is 11.1 Å². The van der Waals surface area contributed by atoms with Crippen molar-refractivity contribution in [3.8, 4) is 5.75 Å². The minimum absolute atomic E-state index is 0.0338. The summed E-state index contributed by atoms with van der Waals surface area (Å²) in [5, 5.41) is 9.83. The van der Waals surface area contributed by atoms with Gasteiger partial charge in [0.05, 0.1) is 11.4 Å². The molecule has 0 amide bonds. The number of carbonyl (C=O) groups is 1. The summed E-state index contributed by atoms with van der Waals surface area (Å²) < 4.78 is 5.62. The third-order valence-electron chi connectivity index (χ3n) is 2.74. The van der Waals surface area contributed by atoms with E-state index >= 15 is 0 Å². The van der Waals surface area contributed by atoms with E-state index in [9.17, 15) is 4.79 Å². The zero-order valence-electron chi connectivity index (χ0n) is 10.5. The minimum Gasteiger partial charge on any atom is -0.487 e. The molecule has 0 unspecified atom stereocenters. The highest BCUT2D eigenvalue weighted by atomic mass is 35.5. The van der Waals surface area contributed by atoms with Crippen LogP contribution in [0.3, 0.4) is 0 Å². The fourth-order valence-electron chi connectivity index (χ4n) is 1.78. The number of benzene rings is 2. The van der Waals surface area contributed by atoms with E-state index in [-0.39, 0.29) is 13.0 Å². The summed E-state index contributed by atoms with van der Waals surface area (Å²) in [4.78, 5) is 10.8. The largest absolute Gasteiger partial charge is 0.487 e. The van der Waals surface area contributed by atoms with Crippen LogP contribution in [0, 0.1) is 0 Å². The van der Waals surface area contributed by atoms with E-state index in [0.29, 0.717) is 15.8 Å². The highest BCUT2D eigenvalue weighted by Crippen LogP contribution is 2.28. The molecule has 0 aromatic heterocycles. The Labute approximate surface area is 126 Å². The quantitative estimate of drug-likeness (QED) is 0.900. The van der Waals surface area contributed by atoms with Crippen molar-refractivity contribution >= 4 is 29.2 Å². The molecule has 104 valence electrons. The summed E-state index contributed by atoms with van der Waals surface area (Å²) in [6.07, 6.45) is -0.0338. The van der Waals surface area contributed by atoms with Crippen molar-refractivity contribution in [3.63, 3.8) is 0 Å². The van der Waals surface area contributed by atoms with Gasteiger partial charge in [-0.15, -0.1) is 0 Å². The lowest BCUT2D eigenvalue weighted by Crippen LogP contribution is -2.06. The maximum absolute atomic E-state index is 10.8. The molecule has 2 aromatic carbocycles. The first-order valence-corrected chi connectivity index (χ1v) is 6.68. The van der Waals surface area contributed by atoms with Crippen molar-refractivity contribution < 1.29 is 14.6 Å². The van der Waals surface area contributed by atoms with Crippen LogP contribution in [-0.4, -0.2) is 11.1 Å². The van der Waals surface area contributed by atoms with E-state index in [1.807, 2.05) is 12.1 Å². The molecule has 3 nitrogen and oxygen atoms in total. The Balaban J connectivity index is 2.12. The first kappa shape index (κ1) is 14.7. The van der Waals surface area contributed by atoms with Gasteiger partial charge >= 0.3 is 5.97 Å². The van der Waals surface area contributed by atoms with Crippen LogP contribution >= 0.6 is 23.2 Å². The SMILES string of the molecule is O=C(O)Cc1ccccc1COc1ccc(Cl)cc1Cl. The van der Waals surface area contributed by atoms with Gasteiger partial charge in [-0.3, -0.25) is 4.79 Å². The Hall–Kier alpha value is -1.71. The Morgan fingerprint density at radius 3 is 2.45 bits per heavy atom. The lowest BCUT2D eigenvalue weighted by Gasteiger charge is -2.11. The van der Waals surface area contributed by atoms with Crippen LogP contribution in [0.15, 0.2) is 42.5 Å². The third kappa shape index (κ3) is 3.89. The number of hydrogen-bond acceptors (Lipinski definition) is 2. The van der Waals surface area contributed by atoms with Gasteiger partial charge in [0.25, 0.3) is 0 Å². The fourth-order valence-corrected chi connectivity index (χ4v) is 2.24. The summed E-state index contributed by atoms with van der Waals surface area (Å²) in [6.45, 7) is 0.255. The molecule has 2 aromatic rings. The number of carboxylic acid groups (broad SMARTS) is 1. The molecule has 0 aliphatic rings. The predicted molar refractivity (Wildman–Crippen MR) is 78.6 cm³/mol. The molecule has 0 heterocycles. The van der Waals surface area contributed by atoms with Crippen LogP contribution < -0.4 is 4.74 Å². The summed E-state index contributed by atoms with van der Waals surface area (Å²) >= 11 is 11.8. The molecule has 0 bridgehead atoms. The van der Waals surface area contributed by atoms with E-state index < -0.39 is 5.97 Å². The Morgan fingerprint density at radius 1 is 1.10 bits per heavy atom. The standard InChI is InChI=1S/C15H12Cl2O3/c16-12-5-6-14(13(17)8-12)20-9-11-4-2-1-3-10(11)7-15(18)19/h1-6,8H,7,9H2,(H,18,19). The first-order chi connectivity index (χ1) is 9.56. The maximum atomic E-state index is 10.8. The van der Waals surface area contributed by atoms with Gasteiger partial charge in [-0.2, -0.15) is 0 Å². The molecule has 0 radical (unpaired) electrons. The minimum atomic E-state index is -0.873. The lowest BCUT2D eigenvalue weighted by atomic mass is 10.1. The van der Waals surface area contributed by atoms with E-state index in [0.717, 1.165) is 11.1 Å². The highest BCUT2D eigenvalue weighted by molar-refractivity contribution is 6.35. The van der Waals surface area contributed by atoms with Crippen molar-refractivity contribution in [1.82, 2.24) is 0 Å². The van der Waals surface area contributed by atoms with Gasteiger partial charge in [0.2, 0.25) is 0 Å². The molecule has 0 aliphatic heterocycles. The molecule has 0 saturated heterocycles. The predicted octanol–water partition coefficient (Wildman–Crippen LogP) is 4.20. The Morgan fingerprint density at radius 2 is 1.80 bits per heavy atom. The van der Waals surface area contributed by atoms with E-state index in [2.05, 4.69) is 0 Å². The van der Waals surface area contributed by atoms with E-state index in [4.69, 9.17) is 33.0 Å². The lowest BCUT2D eigenvalue weighted by molar-refractivity contribution is -0.136. The van der Waals surface area contributed by atoms with Gasteiger partial charge < -0.3 is 9.84 Å². The van der Waals surface area contributed by atoms with E-state index in [1.54, 1.807) is 30.3 Å². The second kappa shape index (κ2) is 6.64. The van der Waals surface area contributed by atoms with Gasteiger partial charge in [0.15, 0.2) is 0 Å². The molecule has 0 saturated carbocycles. The molecular formula is C15H12Cl2O3. The molecule has 1 N–H and O–H groups in total. The molecule has 2 rings (SSSR count). The smallest absolute Gasteiger partial charge is 0.307 e. The molecule has 0 aliphatic carbocycles. The molecule has 20 heavy (non-hydrogen) atoms. The van der Waals surface area contributed by atoms with Gasteiger partial charge in [-0.1, -0.05) is 47.5 Å². The van der Waals surface area contributed by atoms with Crippen LogP contribution in [0.25, 0.3) is 0 Å². The van der Waals surface area contributed by atoms with Crippen molar-refractivity contribution in [3.05, 3.63) is 63.6 Å². The zero-order valence-corrected chi connectivity index (χ0v) is 12.0. The second-order valence-electron chi connectivity index (χ2n) is 4.20. The highest BCUT2D eigenvalue weighted by Gasteiger charge is 2.08. The van der Waals surface area contributed by atoms with Crippen molar-refractivity contribution in [2.24, 2.45) is 0 Å². The van der Waals surface area contributed by atoms with Crippen LogP contribution in [0.2, 0.25) is 10.0 Å². The van der Waals surface area contributed by atoms with Crippen molar-refractivity contribution in [2.75, 3.05) is 0 Å². The van der Waals surface area contributed by atoms with Crippen LogP contribution in [0.4, 0.5) is 0 Å². The van der Waals surface area contributed by atoms with Crippen molar-refractivity contribution in [1.29, 1.82) is 0 Å². The van der Waals surface area contributed by atoms with Gasteiger partial charge in [0, 0.05) is 5.02 Å². The Bertz CT molecular complexity index is 626. The average Bonchev–Trinajstić information content (AvgIpc) is 2.39. The number of hydrogen-bond donors (Lipinski definition) is 1. The molecule has 0 fully saturated rings. The molecule has 5 heteroatoms. The monoisotopic (exact) mass is 310 g/mol. The number of aliphatic carboxylic acids is 1. The third-order valence-corrected chi connectivity index (χ3v) is 3.27. The zero-order chi connectivity index (χ0) is 14.5. The van der Waals surface area contributed by atoms with Gasteiger partial charge in [0.1, 0.15) is 12.4 Å². The molecular weight excluding hydrogens is 299 g/mol. The number of halogens is 2. The average molecular weight is 311 g/mol.